The van der Waals surface area contributed by atoms with Crippen molar-refractivity contribution in [3.8, 4) is 17.2 Å². The van der Waals surface area contributed by atoms with Gasteiger partial charge in [-0.1, -0.05) is 30.3 Å². The van der Waals surface area contributed by atoms with Gasteiger partial charge in [-0.25, -0.2) is 0 Å². The number of aryl methyl sites for hydroxylation is 1. The Morgan fingerprint density at radius 2 is 1.53 bits per heavy atom. The van der Waals surface area contributed by atoms with Gasteiger partial charge in [0, 0.05) is 12.0 Å². The molecule has 0 aliphatic rings. The SMILES string of the molecule is Cc1ccccc1Cc1ccc(O)c(O)c1O. The molecule has 0 radical (unpaired) electrons. The molecular formula is C14H14O3. The van der Waals surface area contributed by atoms with Crippen LogP contribution >= 0.6 is 0 Å². The Balaban J connectivity index is 2.38. The van der Waals surface area contributed by atoms with Crippen LogP contribution in [0.2, 0.25) is 0 Å². The standard InChI is InChI=1S/C14H14O3/c1-9-4-2-3-5-10(9)8-11-6-7-12(15)14(17)13(11)16/h2-7,15-17H,8H2,1H3. The molecule has 3 heteroatoms. The van der Waals surface area contributed by atoms with Crippen molar-refractivity contribution in [1.82, 2.24) is 0 Å². The van der Waals surface area contributed by atoms with Gasteiger partial charge in [-0.15, -0.1) is 0 Å². The number of hydrogen-bond acceptors (Lipinski definition) is 3. The van der Waals surface area contributed by atoms with E-state index in [9.17, 15) is 15.3 Å². The van der Waals surface area contributed by atoms with Crippen LogP contribution in [-0.4, -0.2) is 15.3 Å². The highest BCUT2D eigenvalue weighted by Gasteiger charge is 2.11. The molecule has 0 heterocycles. The van der Waals surface area contributed by atoms with Crippen LogP contribution in [0.4, 0.5) is 0 Å². The molecule has 0 bridgehead atoms. The molecule has 0 saturated carbocycles. The second-order valence-corrected chi connectivity index (χ2v) is 4.04. The lowest BCUT2D eigenvalue weighted by Crippen LogP contribution is -1.92. The molecule has 0 spiro atoms. The van der Waals surface area contributed by atoms with Crippen molar-refractivity contribution in [2.75, 3.05) is 0 Å². The zero-order valence-corrected chi connectivity index (χ0v) is 9.51. The minimum absolute atomic E-state index is 0.256. The van der Waals surface area contributed by atoms with Gasteiger partial charge < -0.3 is 15.3 Å². The number of rotatable bonds is 2. The first kappa shape index (κ1) is 11.3. The fourth-order valence-electron chi connectivity index (χ4n) is 1.77. The molecule has 2 aromatic carbocycles. The lowest BCUT2D eigenvalue weighted by Gasteiger charge is -2.09. The molecule has 0 saturated heterocycles. The molecule has 3 N–H and O–H groups in total. The van der Waals surface area contributed by atoms with Crippen molar-refractivity contribution in [2.45, 2.75) is 13.3 Å². The summed E-state index contributed by atoms with van der Waals surface area (Å²) in [7, 11) is 0. The van der Waals surface area contributed by atoms with Gasteiger partial charge in [-0.05, 0) is 24.1 Å². The quantitative estimate of drug-likeness (QED) is 0.695. The van der Waals surface area contributed by atoms with Crippen molar-refractivity contribution < 1.29 is 15.3 Å². The first-order chi connectivity index (χ1) is 8.09. The summed E-state index contributed by atoms with van der Waals surface area (Å²) in [6.07, 6.45) is 0.520. The Kier molecular flexibility index (Phi) is 2.91. The zero-order valence-electron chi connectivity index (χ0n) is 9.51. The van der Waals surface area contributed by atoms with Crippen LogP contribution in [-0.2, 0) is 6.42 Å². The second-order valence-electron chi connectivity index (χ2n) is 4.04. The Labute approximate surface area is 99.6 Å². The lowest BCUT2D eigenvalue weighted by atomic mass is 9.99. The van der Waals surface area contributed by atoms with Crippen LogP contribution in [0, 0.1) is 6.92 Å². The molecule has 0 aliphatic carbocycles. The van der Waals surface area contributed by atoms with E-state index in [4.69, 9.17) is 0 Å². The van der Waals surface area contributed by atoms with Gasteiger partial charge in [0.05, 0.1) is 0 Å². The highest BCUT2D eigenvalue weighted by atomic mass is 16.3. The van der Waals surface area contributed by atoms with Gasteiger partial charge in [0.15, 0.2) is 11.5 Å². The van der Waals surface area contributed by atoms with Gasteiger partial charge in [-0.3, -0.25) is 0 Å². The molecule has 88 valence electrons. The maximum atomic E-state index is 9.72. The smallest absolute Gasteiger partial charge is 0.200 e. The molecule has 2 aromatic rings. The fraction of sp³-hybridized carbons (Fsp3) is 0.143. The summed E-state index contributed by atoms with van der Waals surface area (Å²) in [5.74, 6) is -1.03. The summed E-state index contributed by atoms with van der Waals surface area (Å²) in [4.78, 5) is 0. The van der Waals surface area contributed by atoms with Gasteiger partial charge in [0.25, 0.3) is 0 Å². The summed E-state index contributed by atoms with van der Waals surface area (Å²) < 4.78 is 0. The van der Waals surface area contributed by atoms with E-state index in [-0.39, 0.29) is 11.5 Å². The third kappa shape index (κ3) is 2.18. The molecule has 0 amide bonds. The summed E-state index contributed by atoms with van der Waals surface area (Å²) in [6.45, 7) is 1.99. The normalized spacial score (nSPS) is 10.4. The van der Waals surface area contributed by atoms with E-state index in [1.54, 1.807) is 6.07 Å². The first-order valence-corrected chi connectivity index (χ1v) is 5.37. The number of phenols is 3. The van der Waals surface area contributed by atoms with Crippen LogP contribution < -0.4 is 0 Å². The molecule has 17 heavy (non-hydrogen) atoms. The second kappa shape index (κ2) is 4.37. The Bertz CT molecular complexity index is 547. The minimum Gasteiger partial charge on any atom is -0.504 e. The molecule has 3 nitrogen and oxygen atoms in total. The molecule has 0 unspecified atom stereocenters. The average Bonchev–Trinajstić information content (AvgIpc) is 2.32. The summed E-state index contributed by atoms with van der Waals surface area (Å²) >= 11 is 0. The number of phenolic OH excluding ortho intramolecular Hbond substituents is 3. The summed E-state index contributed by atoms with van der Waals surface area (Å²) in [6, 6.07) is 10.8. The fourth-order valence-corrected chi connectivity index (χ4v) is 1.77. The number of benzene rings is 2. The van der Waals surface area contributed by atoms with E-state index in [2.05, 4.69) is 0 Å². The molecule has 0 aromatic heterocycles. The van der Waals surface area contributed by atoms with Gasteiger partial charge in [-0.2, -0.15) is 0 Å². The maximum Gasteiger partial charge on any atom is 0.200 e. The van der Waals surface area contributed by atoms with E-state index in [1.807, 2.05) is 31.2 Å². The molecule has 0 aliphatic heterocycles. The van der Waals surface area contributed by atoms with Crippen LogP contribution in [0.3, 0.4) is 0 Å². The lowest BCUT2D eigenvalue weighted by molar-refractivity contribution is 0.365. The average molecular weight is 230 g/mol. The zero-order chi connectivity index (χ0) is 12.4. The van der Waals surface area contributed by atoms with Crippen molar-refractivity contribution in [2.24, 2.45) is 0 Å². The highest BCUT2D eigenvalue weighted by Crippen LogP contribution is 2.38. The summed E-state index contributed by atoms with van der Waals surface area (Å²) in [5.41, 5.74) is 2.79. The van der Waals surface area contributed by atoms with E-state index < -0.39 is 5.75 Å². The third-order valence-electron chi connectivity index (χ3n) is 2.86. The van der Waals surface area contributed by atoms with Crippen molar-refractivity contribution in [3.05, 3.63) is 53.1 Å². The van der Waals surface area contributed by atoms with Crippen molar-refractivity contribution >= 4 is 0 Å². The number of aromatic hydroxyl groups is 3. The van der Waals surface area contributed by atoms with E-state index >= 15 is 0 Å². The van der Waals surface area contributed by atoms with Crippen molar-refractivity contribution in [3.63, 3.8) is 0 Å². The van der Waals surface area contributed by atoms with Gasteiger partial charge in [0.2, 0.25) is 5.75 Å². The molecule has 0 fully saturated rings. The largest absolute Gasteiger partial charge is 0.504 e. The monoisotopic (exact) mass is 230 g/mol. The highest BCUT2D eigenvalue weighted by molar-refractivity contribution is 5.54. The Hall–Kier alpha value is -2.16. The van der Waals surface area contributed by atoms with Crippen LogP contribution in [0.1, 0.15) is 16.7 Å². The van der Waals surface area contributed by atoms with Crippen LogP contribution in [0.15, 0.2) is 36.4 Å². The predicted octanol–water partition coefficient (Wildman–Crippen LogP) is 2.70. The first-order valence-electron chi connectivity index (χ1n) is 5.37. The topological polar surface area (TPSA) is 60.7 Å². The minimum atomic E-state index is -0.462. The van der Waals surface area contributed by atoms with Crippen molar-refractivity contribution in [1.29, 1.82) is 0 Å². The van der Waals surface area contributed by atoms with Gasteiger partial charge in [0.1, 0.15) is 0 Å². The van der Waals surface area contributed by atoms with Gasteiger partial charge >= 0.3 is 0 Å². The van der Waals surface area contributed by atoms with E-state index in [1.165, 1.54) is 6.07 Å². The molecular weight excluding hydrogens is 216 g/mol. The van der Waals surface area contributed by atoms with Crippen LogP contribution in [0.25, 0.3) is 0 Å². The predicted molar refractivity (Wildman–Crippen MR) is 65.4 cm³/mol. The van der Waals surface area contributed by atoms with E-state index in [0.717, 1.165) is 11.1 Å². The Morgan fingerprint density at radius 1 is 0.824 bits per heavy atom. The summed E-state index contributed by atoms with van der Waals surface area (Å²) in [5, 5.41) is 28.4. The maximum absolute atomic E-state index is 9.72. The van der Waals surface area contributed by atoms with Crippen LogP contribution in [0.5, 0.6) is 17.2 Å². The molecule has 0 atom stereocenters. The van der Waals surface area contributed by atoms with E-state index in [0.29, 0.717) is 12.0 Å². The Morgan fingerprint density at radius 3 is 2.24 bits per heavy atom. The molecule has 2 rings (SSSR count). The third-order valence-corrected chi connectivity index (χ3v) is 2.86. The number of hydrogen-bond donors (Lipinski definition) is 3.